The van der Waals surface area contributed by atoms with E-state index in [1.54, 1.807) is 34.9 Å². The molecule has 1 N–H and O–H groups in total. The number of unbranched alkanes of at least 4 members (excludes halogenated alkanes) is 1. The number of hydrogen-bond acceptors (Lipinski definition) is 5. The Bertz CT molecular complexity index is 591. The lowest BCUT2D eigenvalue weighted by molar-refractivity contribution is -0.840. The molecule has 0 heterocycles. The maximum Gasteiger partial charge on any atom is 0.408 e. The van der Waals surface area contributed by atoms with Gasteiger partial charge < -0.3 is 24.6 Å². The zero-order chi connectivity index (χ0) is 20.5. The fourth-order valence-corrected chi connectivity index (χ4v) is 2.37. The van der Waals surface area contributed by atoms with Gasteiger partial charge in [0.15, 0.2) is 0 Å². The van der Waals surface area contributed by atoms with Crippen LogP contribution >= 0.6 is 0 Å². The van der Waals surface area contributed by atoms with E-state index in [-0.39, 0.29) is 11.3 Å². The average molecular weight is 380 g/mol. The molecular formula is C20H32N2O5. The molecule has 1 atom stereocenters. The van der Waals surface area contributed by atoms with E-state index < -0.39 is 23.7 Å². The van der Waals surface area contributed by atoms with E-state index >= 15 is 0 Å². The van der Waals surface area contributed by atoms with Crippen LogP contribution in [0.4, 0.5) is 4.79 Å². The van der Waals surface area contributed by atoms with Gasteiger partial charge in [0.25, 0.3) is 0 Å². The first-order valence-electron chi connectivity index (χ1n) is 9.20. The van der Waals surface area contributed by atoms with Crippen molar-refractivity contribution in [3.63, 3.8) is 0 Å². The van der Waals surface area contributed by atoms with Gasteiger partial charge in [-0.2, -0.15) is 0 Å². The zero-order valence-electron chi connectivity index (χ0n) is 17.0. The van der Waals surface area contributed by atoms with Gasteiger partial charge in [-0.15, -0.1) is 0 Å². The lowest BCUT2D eigenvalue weighted by Crippen LogP contribution is -2.44. The van der Waals surface area contributed by atoms with Crippen molar-refractivity contribution < 1.29 is 23.7 Å². The van der Waals surface area contributed by atoms with Crippen LogP contribution in [0.2, 0.25) is 0 Å². The first kappa shape index (κ1) is 22.9. The number of rotatable bonds is 9. The third-order valence-corrected chi connectivity index (χ3v) is 3.64. The minimum atomic E-state index is -0.810. The van der Waals surface area contributed by atoms with Crippen molar-refractivity contribution >= 4 is 12.1 Å². The Morgan fingerprint density at radius 3 is 2.33 bits per heavy atom. The number of quaternary nitrogens is 1. The maximum absolute atomic E-state index is 12.4. The summed E-state index contributed by atoms with van der Waals surface area (Å²) in [5, 5.41) is 14.2. The molecule has 152 valence electrons. The minimum Gasteiger partial charge on any atom is -0.633 e. The second kappa shape index (κ2) is 10.3. The van der Waals surface area contributed by atoms with Crippen LogP contribution in [0.5, 0.6) is 0 Å². The van der Waals surface area contributed by atoms with Crippen LogP contribution in [-0.2, 0) is 20.9 Å². The predicted octanol–water partition coefficient (Wildman–Crippen LogP) is 3.37. The van der Waals surface area contributed by atoms with Crippen LogP contribution in [0.25, 0.3) is 0 Å². The summed E-state index contributed by atoms with van der Waals surface area (Å²) in [5.74, 6) is -0.505. The van der Waals surface area contributed by atoms with Crippen LogP contribution in [0.3, 0.4) is 0 Å². The van der Waals surface area contributed by atoms with Crippen LogP contribution in [0.1, 0.15) is 45.6 Å². The number of carbonyl (C=O) groups excluding carboxylic acids is 2. The summed E-state index contributed by atoms with van der Waals surface area (Å²) < 4.78 is 10.2. The highest BCUT2D eigenvalue weighted by molar-refractivity contribution is 5.81. The Kier molecular flexibility index (Phi) is 8.72. The van der Waals surface area contributed by atoms with Crippen LogP contribution < -0.4 is 5.32 Å². The topological polar surface area (TPSA) is 87.7 Å². The molecule has 0 bridgehead atoms. The van der Waals surface area contributed by atoms with Crippen LogP contribution in [0.15, 0.2) is 30.3 Å². The number of esters is 1. The number of ether oxygens (including phenoxy) is 2. The Morgan fingerprint density at radius 2 is 1.78 bits per heavy atom. The van der Waals surface area contributed by atoms with Gasteiger partial charge in [-0.05, 0) is 45.6 Å². The highest BCUT2D eigenvalue weighted by Gasteiger charge is 2.27. The van der Waals surface area contributed by atoms with Crippen molar-refractivity contribution in [2.24, 2.45) is 0 Å². The fraction of sp³-hybridized carbons (Fsp3) is 0.600. The van der Waals surface area contributed by atoms with E-state index in [2.05, 4.69) is 5.32 Å². The Morgan fingerprint density at radius 1 is 1.15 bits per heavy atom. The highest BCUT2D eigenvalue weighted by atomic mass is 16.6. The molecule has 0 aliphatic rings. The molecule has 0 fully saturated rings. The molecule has 0 aromatic heterocycles. The zero-order valence-corrected chi connectivity index (χ0v) is 17.0. The molecule has 1 rings (SSSR count). The molecule has 0 saturated heterocycles. The summed E-state index contributed by atoms with van der Waals surface area (Å²) in [7, 11) is 3.15. The van der Waals surface area contributed by atoms with Gasteiger partial charge in [-0.1, -0.05) is 30.3 Å². The van der Waals surface area contributed by atoms with Crippen molar-refractivity contribution in [2.45, 2.75) is 58.3 Å². The van der Waals surface area contributed by atoms with E-state index in [0.29, 0.717) is 25.8 Å². The SMILES string of the molecule is CC(C)(C)OC(=O)C(CCCC[N+](C)(C)[O-])NC(=O)OCc1ccccc1. The molecule has 1 amide bonds. The maximum atomic E-state index is 12.4. The number of benzene rings is 1. The standard InChI is InChI=1S/C20H32N2O5/c1-20(2,3)27-18(23)17(13-9-10-14-22(4,5)25)21-19(24)26-15-16-11-7-6-8-12-16/h6-8,11-12,17H,9-10,13-15H2,1-5H3,(H,21,24). The summed E-state index contributed by atoms with van der Waals surface area (Å²) in [6, 6.07) is 8.48. The average Bonchev–Trinajstić information content (AvgIpc) is 2.54. The Labute approximate surface area is 161 Å². The number of carbonyl (C=O) groups is 2. The number of amides is 1. The van der Waals surface area contributed by atoms with Gasteiger partial charge in [-0.3, -0.25) is 0 Å². The first-order valence-corrected chi connectivity index (χ1v) is 9.20. The molecule has 0 spiro atoms. The molecule has 27 heavy (non-hydrogen) atoms. The third-order valence-electron chi connectivity index (χ3n) is 3.64. The second-order valence-electron chi connectivity index (χ2n) is 8.09. The first-order chi connectivity index (χ1) is 12.5. The number of hydrogen-bond donors (Lipinski definition) is 1. The molecule has 7 heteroatoms. The number of nitrogens with one attached hydrogen (secondary N) is 1. The summed E-state index contributed by atoms with van der Waals surface area (Å²) >= 11 is 0. The van der Waals surface area contributed by atoms with Crippen molar-refractivity contribution in [2.75, 3.05) is 20.6 Å². The molecular weight excluding hydrogens is 348 g/mol. The van der Waals surface area contributed by atoms with E-state index in [1.807, 2.05) is 30.3 Å². The Hall–Kier alpha value is -2.12. The molecule has 7 nitrogen and oxygen atoms in total. The number of alkyl carbamates (subject to hydrolysis) is 1. The van der Waals surface area contributed by atoms with E-state index in [0.717, 1.165) is 5.56 Å². The van der Waals surface area contributed by atoms with Gasteiger partial charge >= 0.3 is 12.1 Å². The van der Waals surface area contributed by atoms with Crippen molar-refractivity contribution in [3.8, 4) is 0 Å². The van der Waals surface area contributed by atoms with Crippen molar-refractivity contribution in [1.82, 2.24) is 5.32 Å². The summed E-state index contributed by atoms with van der Waals surface area (Å²) in [6.45, 7) is 5.88. The Balaban J connectivity index is 2.57. The third kappa shape index (κ3) is 11.2. The summed E-state index contributed by atoms with van der Waals surface area (Å²) in [4.78, 5) is 24.5. The molecule has 0 radical (unpaired) electrons. The van der Waals surface area contributed by atoms with Gasteiger partial charge in [0.2, 0.25) is 0 Å². The van der Waals surface area contributed by atoms with E-state index in [9.17, 15) is 14.8 Å². The quantitative estimate of drug-likeness (QED) is 0.307. The fourth-order valence-electron chi connectivity index (χ4n) is 2.37. The monoisotopic (exact) mass is 380 g/mol. The van der Waals surface area contributed by atoms with E-state index in [1.165, 1.54) is 0 Å². The van der Waals surface area contributed by atoms with Gasteiger partial charge in [0.1, 0.15) is 18.2 Å². The van der Waals surface area contributed by atoms with E-state index in [4.69, 9.17) is 9.47 Å². The van der Waals surface area contributed by atoms with Crippen LogP contribution in [-0.4, -0.2) is 49.0 Å². The molecule has 0 saturated carbocycles. The van der Waals surface area contributed by atoms with Gasteiger partial charge in [0.05, 0.1) is 20.6 Å². The number of hydroxylamine groups is 3. The lowest BCUT2D eigenvalue weighted by atomic mass is 10.1. The van der Waals surface area contributed by atoms with Crippen LogP contribution in [0, 0.1) is 5.21 Å². The highest BCUT2D eigenvalue weighted by Crippen LogP contribution is 2.13. The van der Waals surface area contributed by atoms with Crippen molar-refractivity contribution in [3.05, 3.63) is 41.1 Å². The molecule has 1 aromatic rings. The largest absolute Gasteiger partial charge is 0.633 e. The molecule has 1 aromatic carbocycles. The molecule has 1 unspecified atom stereocenters. The second-order valence-corrected chi connectivity index (χ2v) is 8.09. The normalized spacial score (nSPS) is 13.0. The number of nitrogens with zero attached hydrogens (tertiary/aromatic N) is 1. The van der Waals surface area contributed by atoms with Gasteiger partial charge in [-0.25, -0.2) is 9.59 Å². The molecule has 0 aliphatic carbocycles. The lowest BCUT2D eigenvalue weighted by Gasteiger charge is -2.33. The smallest absolute Gasteiger partial charge is 0.408 e. The summed E-state index contributed by atoms with van der Waals surface area (Å²) in [6.07, 6.45) is 0.980. The van der Waals surface area contributed by atoms with Crippen molar-refractivity contribution in [1.29, 1.82) is 0 Å². The van der Waals surface area contributed by atoms with Gasteiger partial charge in [0, 0.05) is 0 Å². The summed E-state index contributed by atoms with van der Waals surface area (Å²) in [5.41, 5.74) is 0.204. The minimum absolute atomic E-state index is 0.121. The molecule has 0 aliphatic heterocycles. The predicted molar refractivity (Wildman–Crippen MR) is 104 cm³/mol.